The third kappa shape index (κ3) is 4.04. The van der Waals surface area contributed by atoms with Crippen LogP contribution in [-0.4, -0.2) is 16.3 Å². The van der Waals surface area contributed by atoms with Crippen molar-refractivity contribution in [2.75, 3.05) is 11.9 Å². The highest BCUT2D eigenvalue weighted by Crippen LogP contribution is 2.19. The molecule has 1 aromatic heterocycles. The summed E-state index contributed by atoms with van der Waals surface area (Å²) in [7, 11) is 0. The van der Waals surface area contributed by atoms with Crippen LogP contribution >= 0.6 is 11.6 Å². The van der Waals surface area contributed by atoms with Crippen molar-refractivity contribution < 1.29 is 4.39 Å². The lowest BCUT2D eigenvalue weighted by molar-refractivity contribution is 0.572. The highest BCUT2D eigenvalue weighted by atomic mass is 35.5. The molecule has 0 atom stereocenters. The van der Waals surface area contributed by atoms with E-state index >= 15 is 0 Å². The summed E-state index contributed by atoms with van der Waals surface area (Å²) in [6, 6.07) is 5.87. The average Bonchev–Trinajstić information content (AvgIpc) is 2.42. The number of nitrogens with zero attached hydrogens (tertiary/aromatic N) is 2. The maximum Gasteiger partial charge on any atom is 0.269 e. The van der Waals surface area contributed by atoms with Gasteiger partial charge < -0.3 is 5.32 Å². The Morgan fingerprint density at radius 1 is 1.43 bits per heavy atom. The van der Waals surface area contributed by atoms with Gasteiger partial charge in [-0.15, -0.1) is 0 Å². The van der Waals surface area contributed by atoms with E-state index in [4.69, 9.17) is 11.6 Å². The molecule has 21 heavy (non-hydrogen) atoms. The first-order valence-corrected chi connectivity index (χ1v) is 7.09. The summed E-state index contributed by atoms with van der Waals surface area (Å²) in [5.41, 5.74) is 0.615. The van der Waals surface area contributed by atoms with E-state index in [1.165, 1.54) is 22.9 Å². The highest BCUT2D eigenvalue weighted by molar-refractivity contribution is 6.31. The zero-order valence-corrected chi connectivity index (χ0v) is 12.7. The summed E-state index contributed by atoms with van der Waals surface area (Å²) in [4.78, 5) is 12.0. The molecular formula is C15H17ClFN3O. The Morgan fingerprint density at radius 2 is 2.19 bits per heavy atom. The minimum absolute atomic E-state index is 0.00873. The summed E-state index contributed by atoms with van der Waals surface area (Å²) < 4.78 is 14.9. The molecular weight excluding hydrogens is 293 g/mol. The number of benzene rings is 1. The van der Waals surface area contributed by atoms with Crippen LogP contribution in [0.4, 0.5) is 10.1 Å². The van der Waals surface area contributed by atoms with Gasteiger partial charge in [0.2, 0.25) is 0 Å². The van der Waals surface area contributed by atoms with Crippen molar-refractivity contribution in [3.8, 4) is 0 Å². The van der Waals surface area contributed by atoms with Gasteiger partial charge in [-0.05, 0) is 18.1 Å². The third-order valence-corrected chi connectivity index (χ3v) is 3.31. The Balaban J connectivity index is 2.20. The molecule has 1 aromatic carbocycles. The van der Waals surface area contributed by atoms with Crippen molar-refractivity contribution in [3.05, 3.63) is 57.2 Å². The largest absolute Gasteiger partial charge is 0.383 e. The van der Waals surface area contributed by atoms with Crippen LogP contribution in [0.1, 0.15) is 19.4 Å². The van der Waals surface area contributed by atoms with Crippen molar-refractivity contribution in [1.29, 1.82) is 0 Å². The summed E-state index contributed by atoms with van der Waals surface area (Å²) >= 11 is 5.95. The molecule has 0 bridgehead atoms. The number of rotatable bonds is 5. The molecule has 1 heterocycles. The third-order valence-electron chi connectivity index (χ3n) is 2.95. The Morgan fingerprint density at radius 3 is 2.81 bits per heavy atom. The lowest BCUT2D eigenvalue weighted by atomic mass is 10.2. The smallest absolute Gasteiger partial charge is 0.269 e. The molecule has 0 unspecified atom stereocenters. The standard InChI is InChI=1S/C15H17ClFN3O/c1-10(2)7-18-11-6-15(21)20(19-8-11)9-12-13(16)4-3-5-14(12)17/h3-6,8,10,18H,7,9H2,1-2H3. The molecule has 0 fully saturated rings. The van der Waals surface area contributed by atoms with E-state index in [-0.39, 0.29) is 22.7 Å². The lowest BCUT2D eigenvalue weighted by Crippen LogP contribution is -2.24. The maximum absolute atomic E-state index is 13.7. The van der Waals surface area contributed by atoms with Gasteiger partial charge in [-0.1, -0.05) is 31.5 Å². The number of aromatic nitrogens is 2. The molecule has 112 valence electrons. The fourth-order valence-corrected chi connectivity index (χ4v) is 2.03. The first-order chi connectivity index (χ1) is 9.97. The second-order valence-electron chi connectivity index (χ2n) is 5.22. The average molecular weight is 310 g/mol. The SMILES string of the molecule is CC(C)CNc1cnn(Cc2c(F)cccc2Cl)c(=O)c1. The van der Waals surface area contributed by atoms with Crippen LogP contribution in [-0.2, 0) is 6.54 Å². The number of hydrogen-bond acceptors (Lipinski definition) is 3. The van der Waals surface area contributed by atoms with E-state index in [1.807, 2.05) is 0 Å². The second-order valence-corrected chi connectivity index (χ2v) is 5.62. The summed E-state index contributed by atoms with van der Waals surface area (Å²) in [5, 5.41) is 7.46. The number of hydrogen-bond donors (Lipinski definition) is 1. The van der Waals surface area contributed by atoms with Gasteiger partial charge in [0.25, 0.3) is 5.56 Å². The second kappa shape index (κ2) is 6.72. The van der Waals surface area contributed by atoms with E-state index in [1.54, 1.807) is 12.3 Å². The molecule has 2 aromatic rings. The van der Waals surface area contributed by atoms with Crippen LogP contribution in [0, 0.1) is 11.7 Å². The molecule has 0 radical (unpaired) electrons. The van der Waals surface area contributed by atoms with Crippen LogP contribution in [0.5, 0.6) is 0 Å². The predicted molar refractivity (Wildman–Crippen MR) is 82.3 cm³/mol. The topological polar surface area (TPSA) is 46.9 Å². The van der Waals surface area contributed by atoms with Gasteiger partial charge in [-0.25, -0.2) is 9.07 Å². The van der Waals surface area contributed by atoms with Crippen LogP contribution in [0.25, 0.3) is 0 Å². The van der Waals surface area contributed by atoms with Gasteiger partial charge in [0.15, 0.2) is 0 Å². The van der Waals surface area contributed by atoms with Gasteiger partial charge in [-0.2, -0.15) is 5.10 Å². The van der Waals surface area contributed by atoms with Crippen molar-refractivity contribution >= 4 is 17.3 Å². The Hall–Kier alpha value is -1.88. The number of halogens is 2. The molecule has 2 rings (SSSR count). The molecule has 1 N–H and O–H groups in total. The van der Waals surface area contributed by atoms with Crippen molar-refractivity contribution in [3.63, 3.8) is 0 Å². The molecule has 4 nitrogen and oxygen atoms in total. The van der Waals surface area contributed by atoms with Crippen molar-refractivity contribution in [1.82, 2.24) is 9.78 Å². The maximum atomic E-state index is 13.7. The van der Waals surface area contributed by atoms with E-state index in [0.29, 0.717) is 11.6 Å². The van der Waals surface area contributed by atoms with E-state index in [9.17, 15) is 9.18 Å². The fourth-order valence-electron chi connectivity index (χ4n) is 1.80. The first kappa shape index (κ1) is 15.5. The summed E-state index contributed by atoms with van der Waals surface area (Å²) in [6.45, 7) is 4.91. The normalized spacial score (nSPS) is 10.9. The molecule has 0 spiro atoms. The van der Waals surface area contributed by atoms with E-state index < -0.39 is 5.82 Å². The minimum Gasteiger partial charge on any atom is -0.383 e. The van der Waals surface area contributed by atoms with Crippen LogP contribution in [0.15, 0.2) is 35.3 Å². The Labute approximate surface area is 127 Å². The minimum atomic E-state index is -0.446. The van der Waals surface area contributed by atoms with Gasteiger partial charge in [0.1, 0.15) is 5.82 Å². The molecule has 0 saturated carbocycles. The van der Waals surface area contributed by atoms with Gasteiger partial charge in [0.05, 0.1) is 18.4 Å². The van der Waals surface area contributed by atoms with Crippen LogP contribution in [0.3, 0.4) is 0 Å². The molecule has 0 aliphatic rings. The molecule has 0 amide bonds. The fraction of sp³-hybridized carbons (Fsp3) is 0.333. The van der Waals surface area contributed by atoms with E-state index in [2.05, 4.69) is 24.3 Å². The molecule has 0 aliphatic carbocycles. The summed E-state index contributed by atoms with van der Waals surface area (Å²) in [5.74, 6) is 0.0165. The molecule has 6 heteroatoms. The highest BCUT2D eigenvalue weighted by Gasteiger charge is 2.09. The van der Waals surface area contributed by atoms with Crippen LogP contribution < -0.4 is 10.9 Å². The zero-order valence-electron chi connectivity index (χ0n) is 11.9. The van der Waals surface area contributed by atoms with Crippen molar-refractivity contribution in [2.24, 2.45) is 5.92 Å². The van der Waals surface area contributed by atoms with Gasteiger partial charge in [0, 0.05) is 23.2 Å². The monoisotopic (exact) mass is 309 g/mol. The number of nitrogens with one attached hydrogen (secondary N) is 1. The van der Waals surface area contributed by atoms with E-state index in [0.717, 1.165) is 6.54 Å². The van der Waals surface area contributed by atoms with Crippen molar-refractivity contribution in [2.45, 2.75) is 20.4 Å². The van der Waals surface area contributed by atoms with Crippen LogP contribution in [0.2, 0.25) is 5.02 Å². The quantitative estimate of drug-likeness (QED) is 0.923. The van der Waals surface area contributed by atoms with Gasteiger partial charge >= 0.3 is 0 Å². The Kier molecular flexibility index (Phi) is 4.96. The zero-order chi connectivity index (χ0) is 15.4. The first-order valence-electron chi connectivity index (χ1n) is 6.71. The Bertz CT molecular complexity index is 665. The number of anilines is 1. The summed E-state index contributed by atoms with van der Waals surface area (Å²) in [6.07, 6.45) is 1.55. The molecule has 0 aliphatic heterocycles. The molecule has 0 saturated heterocycles. The lowest BCUT2D eigenvalue weighted by Gasteiger charge is -2.10. The predicted octanol–water partition coefficient (Wildman–Crippen LogP) is 3.15. The van der Waals surface area contributed by atoms with Gasteiger partial charge in [-0.3, -0.25) is 4.79 Å².